The second kappa shape index (κ2) is 8.46. The van der Waals surface area contributed by atoms with Crippen LogP contribution in [0.4, 0.5) is 14.9 Å². The lowest BCUT2D eigenvalue weighted by Crippen LogP contribution is -2.55. The molecule has 0 aliphatic carbocycles. The Hall–Kier alpha value is -2.19. The summed E-state index contributed by atoms with van der Waals surface area (Å²) in [6.07, 6.45) is 2.94. The summed E-state index contributed by atoms with van der Waals surface area (Å²) >= 11 is 0. The van der Waals surface area contributed by atoms with Crippen molar-refractivity contribution in [3.63, 3.8) is 0 Å². The van der Waals surface area contributed by atoms with E-state index in [1.165, 1.54) is 24.3 Å². The van der Waals surface area contributed by atoms with E-state index in [1.807, 2.05) is 4.90 Å². The molecule has 2 atom stereocenters. The number of nitrogens with one attached hydrogen (secondary N) is 3. The van der Waals surface area contributed by atoms with E-state index in [1.54, 1.807) is 4.90 Å². The van der Waals surface area contributed by atoms with Crippen molar-refractivity contribution in [1.29, 1.82) is 0 Å². The molecule has 7 nitrogen and oxygen atoms in total. The van der Waals surface area contributed by atoms with Gasteiger partial charge >= 0.3 is 6.03 Å². The van der Waals surface area contributed by atoms with Crippen molar-refractivity contribution in [2.45, 2.75) is 38.3 Å². The SMILES string of the molecule is CCCC1CC(C(=O)N2CCN(C(=O)Nc3ccc(F)cc3)CC2)NN1. The molecule has 2 aliphatic rings. The Morgan fingerprint density at radius 1 is 1.12 bits per heavy atom. The predicted octanol–water partition coefficient (Wildman–Crippen LogP) is 1.54. The molecular formula is C18H26FN5O2. The molecule has 2 fully saturated rings. The van der Waals surface area contributed by atoms with Crippen LogP contribution >= 0.6 is 0 Å². The van der Waals surface area contributed by atoms with Crippen LogP contribution in [0.5, 0.6) is 0 Å². The zero-order chi connectivity index (χ0) is 18.5. The number of hydrogen-bond donors (Lipinski definition) is 3. The average Bonchev–Trinajstić information content (AvgIpc) is 3.12. The second-order valence-corrected chi connectivity index (χ2v) is 6.81. The summed E-state index contributed by atoms with van der Waals surface area (Å²) in [5, 5.41) is 2.75. The van der Waals surface area contributed by atoms with E-state index in [0.717, 1.165) is 19.3 Å². The van der Waals surface area contributed by atoms with Crippen molar-refractivity contribution in [1.82, 2.24) is 20.7 Å². The maximum atomic E-state index is 12.9. The average molecular weight is 363 g/mol. The predicted molar refractivity (Wildman–Crippen MR) is 96.9 cm³/mol. The minimum atomic E-state index is -0.341. The van der Waals surface area contributed by atoms with Crippen LogP contribution in [-0.4, -0.2) is 60.0 Å². The molecule has 0 spiro atoms. The van der Waals surface area contributed by atoms with E-state index in [4.69, 9.17) is 0 Å². The van der Waals surface area contributed by atoms with Crippen LogP contribution < -0.4 is 16.2 Å². The first kappa shape index (κ1) is 18.6. The van der Waals surface area contributed by atoms with E-state index in [0.29, 0.717) is 37.9 Å². The molecular weight excluding hydrogens is 337 g/mol. The minimum Gasteiger partial charge on any atom is -0.338 e. The van der Waals surface area contributed by atoms with Gasteiger partial charge in [-0.3, -0.25) is 10.2 Å². The highest BCUT2D eigenvalue weighted by Gasteiger charge is 2.33. The van der Waals surface area contributed by atoms with Crippen LogP contribution in [0, 0.1) is 5.82 Å². The monoisotopic (exact) mass is 363 g/mol. The van der Waals surface area contributed by atoms with Crippen molar-refractivity contribution in [2.75, 3.05) is 31.5 Å². The Morgan fingerprint density at radius 3 is 2.42 bits per heavy atom. The quantitative estimate of drug-likeness (QED) is 0.758. The molecule has 3 amide bonds. The van der Waals surface area contributed by atoms with Gasteiger partial charge in [0.25, 0.3) is 0 Å². The number of halogens is 1. The first-order valence-corrected chi connectivity index (χ1v) is 9.18. The molecule has 2 heterocycles. The molecule has 2 saturated heterocycles. The third kappa shape index (κ3) is 4.50. The Labute approximate surface area is 152 Å². The zero-order valence-corrected chi connectivity index (χ0v) is 15.0. The molecule has 3 N–H and O–H groups in total. The van der Waals surface area contributed by atoms with Gasteiger partial charge in [0.15, 0.2) is 0 Å². The summed E-state index contributed by atoms with van der Waals surface area (Å²) in [6, 6.07) is 5.59. The fraction of sp³-hybridized carbons (Fsp3) is 0.556. The number of piperazine rings is 1. The van der Waals surface area contributed by atoms with E-state index >= 15 is 0 Å². The van der Waals surface area contributed by atoms with Crippen molar-refractivity contribution in [3.05, 3.63) is 30.1 Å². The van der Waals surface area contributed by atoms with Crippen molar-refractivity contribution >= 4 is 17.6 Å². The third-order valence-electron chi connectivity index (χ3n) is 4.89. The minimum absolute atomic E-state index is 0.0923. The Kier molecular flexibility index (Phi) is 6.05. The molecule has 0 bridgehead atoms. The van der Waals surface area contributed by atoms with Crippen LogP contribution in [-0.2, 0) is 4.79 Å². The van der Waals surface area contributed by atoms with Crippen LogP contribution in [0.15, 0.2) is 24.3 Å². The number of benzene rings is 1. The molecule has 0 saturated carbocycles. The molecule has 0 radical (unpaired) electrons. The number of amides is 3. The molecule has 2 aliphatic heterocycles. The summed E-state index contributed by atoms with van der Waals surface area (Å²) in [7, 11) is 0. The van der Waals surface area contributed by atoms with Crippen LogP contribution in [0.3, 0.4) is 0 Å². The van der Waals surface area contributed by atoms with Gasteiger partial charge in [-0.1, -0.05) is 13.3 Å². The molecule has 2 unspecified atom stereocenters. The highest BCUT2D eigenvalue weighted by molar-refractivity contribution is 5.89. The second-order valence-electron chi connectivity index (χ2n) is 6.81. The lowest BCUT2D eigenvalue weighted by atomic mass is 10.1. The summed E-state index contributed by atoms with van der Waals surface area (Å²) in [4.78, 5) is 28.4. The third-order valence-corrected chi connectivity index (χ3v) is 4.89. The zero-order valence-electron chi connectivity index (χ0n) is 15.0. The number of urea groups is 1. The number of carbonyl (C=O) groups is 2. The molecule has 26 heavy (non-hydrogen) atoms. The molecule has 142 valence electrons. The van der Waals surface area contributed by atoms with Gasteiger partial charge in [0.05, 0.1) is 0 Å². The van der Waals surface area contributed by atoms with Crippen molar-refractivity contribution in [3.8, 4) is 0 Å². The Balaban J connectivity index is 1.45. The number of anilines is 1. The normalized spacial score (nSPS) is 23.2. The molecule has 3 rings (SSSR count). The number of hydrogen-bond acceptors (Lipinski definition) is 4. The summed E-state index contributed by atoms with van der Waals surface area (Å²) < 4.78 is 12.9. The Bertz CT molecular complexity index is 631. The first-order valence-electron chi connectivity index (χ1n) is 9.18. The van der Waals surface area contributed by atoms with Gasteiger partial charge < -0.3 is 15.1 Å². The van der Waals surface area contributed by atoms with Gasteiger partial charge in [0, 0.05) is 37.9 Å². The van der Waals surface area contributed by atoms with Crippen molar-refractivity contribution in [2.24, 2.45) is 0 Å². The van der Waals surface area contributed by atoms with E-state index < -0.39 is 0 Å². The van der Waals surface area contributed by atoms with Gasteiger partial charge in [0.1, 0.15) is 11.9 Å². The largest absolute Gasteiger partial charge is 0.338 e. The standard InChI is InChI=1S/C18H26FN5O2/c1-2-3-15-12-16(22-21-15)17(25)23-8-10-24(11-9-23)18(26)20-14-6-4-13(19)5-7-14/h4-7,15-16,21-22H,2-3,8-12H2,1H3,(H,20,26). The van der Waals surface area contributed by atoms with Crippen molar-refractivity contribution < 1.29 is 14.0 Å². The van der Waals surface area contributed by atoms with Crippen LogP contribution in [0.2, 0.25) is 0 Å². The Morgan fingerprint density at radius 2 is 1.77 bits per heavy atom. The molecule has 1 aromatic carbocycles. The first-order chi connectivity index (χ1) is 12.6. The number of nitrogens with zero attached hydrogens (tertiary/aromatic N) is 2. The lowest BCUT2D eigenvalue weighted by Gasteiger charge is -2.35. The summed E-state index contributed by atoms with van der Waals surface area (Å²) in [5.41, 5.74) is 6.84. The van der Waals surface area contributed by atoms with Crippen LogP contribution in [0.1, 0.15) is 26.2 Å². The van der Waals surface area contributed by atoms with E-state index in [9.17, 15) is 14.0 Å². The fourth-order valence-electron chi connectivity index (χ4n) is 3.41. The number of hydrazine groups is 1. The summed E-state index contributed by atoms with van der Waals surface area (Å²) in [6.45, 7) is 4.14. The molecule has 0 aromatic heterocycles. The summed E-state index contributed by atoms with van der Waals surface area (Å²) in [5.74, 6) is -0.249. The maximum absolute atomic E-state index is 12.9. The maximum Gasteiger partial charge on any atom is 0.321 e. The number of rotatable bonds is 4. The highest BCUT2D eigenvalue weighted by Crippen LogP contribution is 2.15. The molecule has 8 heteroatoms. The highest BCUT2D eigenvalue weighted by atomic mass is 19.1. The smallest absolute Gasteiger partial charge is 0.321 e. The van der Waals surface area contributed by atoms with Gasteiger partial charge in [-0.2, -0.15) is 0 Å². The lowest BCUT2D eigenvalue weighted by molar-refractivity contribution is -0.134. The van der Waals surface area contributed by atoms with Crippen LogP contribution in [0.25, 0.3) is 0 Å². The fourth-order valence-corrected chi connectivity index (χ4v) is 3.41. The van der Waals surface area contributed by atoms with E-state index in [2.05, 4.69) is 23.1 Å². The van der Waals surface area contributed by atoms with Gasteiger partial charge in [0.2, 0.25) is 5.91 Å². The van der Waals surface area contributed by atoms with E-state index in [-0.39, 0.29) is 23.8 Å². The topological polar surface area (TPSA) is 76.7 Å². The number of carbonyl (C=O) groups excluding carboxylic acids is 2. The van der Waals surface area contributed by atoms with Gasteiger partial charge in [-0.05, 0) is 37.1 Å². The molecule has 1 aromatic rings. The van der Waals surface area contributed by atoms with Gasteiger partial charge in [-0.15, -0.1) is 0 Å². The van der Waals surface area contributed by atoms with Gasteiger partial charge in [-0.25, -0.2) is 14.6 Å².